The lowest BCUT2D eigenvalue weighted by Crippen LogP contribution is -2.37. The number of benzene rings is 2. The molecule has 1 amide bonds. The van der Waals surface area contributed by atoms with Crippen LogP contribution in [0.25, 0.3) is 0 Å². The smallest absolute Gasteiger partial charge is 0.242 e. The van der Waals surface area contributed by atoms with Crippen molar-refractivity contribution in [3.05, 3.63) is 64.7 Å². The van der Waals surface area contributed by atoms with Gasteiger partial charge in [0.1, 0.15) is 4.90 Å². The van der Waals surface area contributed by atoms with E-state index in [-0.39, 0.29) is 28.9 Å². The molecule has 0 spiro atoms. The van der Waals surface area contributed by atoms with E-state index in [1.54, 1.807) is 17.0 Å². The number of hydrogen-bond acceptors (Lipinski definition) is 3. The van der Waals surface area contributed by atoms with Crippen LogP contribution in [0.15, 0.2) is 53.4 Å². The van der Waals surface area contributed by atoms with Crippen molar-refractivity contribution in [3.8, 4) is 0 Å². The monoisotopic (exact) mass is 380 g/mol. The number of carbonyl (C=O) groups excluding carboxylic acids is 1. The summed E-state index contributed by atoms with van der Waals surface area (Å²) < 4.78 is 27.1. The van der Waals surface area contributed by atoms with E-state index in [9.17, 15) is 13.2 Å². The lowest BCUT2D eigenvalue weighted by atomic mass is 10.1. The molecule has 0 saturated heterocycles. The van der Waals surface area contributed by atoms with Crippen LogP contribution in [0, 0.1) is 6.92 Å². The van der Waals surface area contributed by atoms with Crippen molar-refractivity contribution in [1.29, 1.82) is 0 Å². The minimum atomic E-state index is -3.71. The van der Waals surface area contributed by atoms with E-state index >= 15 is 0 Å². The predicted molar refractivity (Wildman–Crippen MR) is 98.9 cm³/mol. The van der Waals surface area contributed by atoms with Crippen LogP contribution in [0.4, 0.5) is 0 Å². The maximum atomic E-state index is 12.3. The SMILES string of the molecule is CC(=O)N(CCNS(=O)(=O)c1ccccc1Cl)Cc1cccc(C)c1. The van der Waals surface area contributed by atoms with Gasteiger partial charge in [0.15, 0.2) is 0 Å². The number of sulfonamides is 1. The van der Waals surface area contributed by atoms with Gasteiger partial charge >= 0.3 is 0 Å². The fraction of sp³-hybridized carbons (Fsp3) is 0.278. The number of carbonyl (C=O) groups is 1. The van der Waals surface area contributed by atoms with Gasteiger partial charge in [0.2, 0.25) is 15.9 Å². The van der Waals surface area contributed by atoms with Crippen molar-refractivity contribution in [3.63, 3.8) is 0 Å². The van der Waals surface area contributed by atoms with Gasteiger partial charge in [-0.1, -0.05) is 53.6 Å². The van der Waals surface area contributed by atoms with E-state index in [1.807, 2.05) is 31.2 Å². The summed E-state index contributed by atoms with van der Waals surface area (Å²) in [6, 6.07) is 14.1. The molecule has 0 unspecified atom stereocenters. The highest BCUT2D eigenvalue weighted by molar-refractivity contribution is 7.89. The minimum Gasteiger partial charge on any atom is -0.337 e. The first-order chi connectivity index (χ1) is 11.8. The van der Waals surface area contributed by atoms with Gasteiger partial charge in [-0.25, -0.2) is 13.1 Å². The van der Waals surface area contributed by atoms with Gasteiger partial charge in [0.25, 0.3) is 0 Å². The van der Waals surface area contributed by atoms with Crippen LogP contribution in [-0.2, 0) is 21.4 Å². The Labute approximate surface area is 153 Å². The normalized spacial score (nSPS) is 11.3. The van der Waals surface area contributed by atoms with Gasteiger partial charge in [0.05, 0.1) is 5.02 Å². The topological polar surface area (TPSA) is 66.5 Å². The molecule has 0 aliphatic carbocycles. The van der Waals surface area contributed by atoms with E-state index < -0.39 is 10.0 Å². The largest absolute Gasteiger partial charge is 0.337 e. The molecular formula is C18H21ClN2O3S. The zero-order valence-corrected chi connectivity index (χ0v) is 15.8. The predicted octanol–water partition coefficient (Wildman–Crippen LogP) is 2.98. The standard InChI is InChI=1S/C18H21ClN2O3S/c1-14-6-5-7-16(12-14)13-21(15(2)22)11-10-20-25(23,24)18-9-4-3-8-17(18)19/h3-9,12,20H,10-11,13H2,1-2H3. The highest BCUT2D eigenvalue weighted by Crippen LogP contribution is 2.19. The Morgan fingerprint density at radius 3 is 2.52 bits per heavy atom. The summed E-state index contributed by atoms with van der Waals surface area (Å²) in [4.78, 5) is 13.5. The lowest BCUT2D eigenvalue weighted by molar-refractivity contribution is -0.129. The Morgan fingerprint density at radius 2 is 1.88 bits per heavy atom. The van der Waals surface area contributed by atoms with Gasteiger partial charge in [-0.2, -0.15) is 0 Å². The van der Waals surface area contributed by atoms with Crippen molar-refractivity contribution >= 4 is 27.5 Å². The molecule has 5 nitrogen and oxygen atoms in total. The average Bonchev–Trinajstić information content (AvgIpc) is 2.54. The van der Waals surface area contributed by atoms with Crippen molar-refractivity contribution < 1.29 is 13.2 Å². The molecule has 0 aromatic heterocycles. The number of aryl methyl sites for hydroxylation is 1. The molecule has 0 bridgehead atoms. The van der Waals surface area contributed by atoms with Crippen molar-refractivity contribution in [1.82, 2.24) is 9.62 Å². The average molecular weight is 381 g/mol. The maximum Gasteiger partial charge on any atom is 0.242 e. The van der Waals surface area contributed by atoms with Gasteiger partial charge in [-0.3, -0.25) is 4.79 Å². The van der Waals surface area contributed by atoms with Crippen LogP contribution < -0.4 is 4.72 Å². The van der Waals surface area contributed by atoms with Gasteiger partial charge in [-0.05, 0) is 24.6 Å². The summed E-state index contributed by atoms with van der Waals surface area (Å²) in [5, 5.41) is 0.165. The molecule has 0 atom stereocenters. The second kappa shape index (κ2) is 8.47. The number of amides is 1. The number of halogens is 1. The molecule has 1 N–H and O–H groups in total. The van der Waals surface area contributed by atoms with Gasteiger partial charge < -0.3 is 4.90 Å². The zero-order valence-electron chi connectivity index (χ0n) is 14.2. The Kier molecular flexibility index (Phi) is 6.58. The van der Waals surface area contributed by atoms with Crippen molar-refractivity contribution in [2.24, 2.45) is 0 Å². The fourth-order valence-corrected chi connectivity index (χ4v) is 3.97. The molecule has 0 saturated carbocycles. The minimum absolute atomic E-state index is 0.0322. The Hall–Kier alpha value is -1.89. The van der Waals surface area contributed by atoms with Crippen LogP contribution in [0.3, 0.4) is 0 Å². The van der Waals surface area contributed by atoms with Gasteiger partial charge in [0, 0.05) is 26.6 Å². The van der Waals surface area contributed by atoms with E-state index in [0.29, 0.717) is 6.54 Å². The molecule has 0 aliphatic rings. The van der Waals surface area contributed by atoms with E-state index in [4.69, 9.17) is 11.6 Å². The highest BCUT2D eigenvalue weighted by Gasteiger charge is 2.18. The number of nitrogens with zero attached hydrogens (tertiary/aromatic N) is 1. The molecule has 0 fully saturated rings. The molecule has 2 aromatic carbocycles. The third-order valence-electron chi connectivity index (χ3n) is 3.70. The summed E-state index contributed by atoms with van der Waals surface area (Å²) in [6.45, 7) is 4.27. The Balaban J connectivity index is 2.00. The summed E-state index contributed by atoms with van der Waals surface area (Å²) in [6.07, 6.45) is 0. The zero-order chi connectivity index (χ0) is 18.4. The van der Waals surface area contributed by atoms with E-state index in [2.05, 4.69) is 4.72 Å². The molecular weight excluding hydrogens is 360 g/mol. The molecule has 2 rings (SSSR count). The lowest BCUT2D eigenvalue weighted by Gasteiger charge is -2.21. The second-order valence-corrected chi connectivity index (χ2v) is 7.90. The van der Waals surface area contributed by atoms with Crippen LogP contribution in [-0.4, -0.2) is 32.3 Å². The molecule has 7 heteroatoms. The maximum absolute atomic E-state index is 12.3. The molecule has 0 aliphatic heterocycles. The molecule has 0 radical (unpaired) electrons. The summed E-state index contributed by atoms with van der Waals surface area (Å²) in [5.41, 5.74) is 2.12. The number of nitrogens with one attached hydrogen (secondary N) is 1. The molecule has 134 valence electrons. The van der Waals surface area contributed by atoms with Crippen molar-refractivity contribution in [2.45, 2.75) is 25.3 Å². The van der Waals surface area contributed by atoms with Crippen LogP contribution in [0.2, 0.25) is 5.02 Å². The molecule has 2 aromatic rings. The van der Waals surface area contributed by atoms with Crippen LogP contribution >= 0.6 is 11.6 Å². The molecule has 0 heterocycles. The van der Waals surface area contributed by atoms with Crippen molar-refractivity contribution in [2.75, 3.05) is 13.1 Å². The third-order valence-corrected chi connectivity index (χ3v) is 5.66. The summed E-state index contributed by atoms with van der Waals surface area (Å²) >= 11 is 5.94. The summed E-state index contributed by atoms with van der Waals surface area (Å²) in [7, 11) is -3.71. The molecule has 25 heavy (non-hydrogen) atoms. The second-order valence-electron chi connectivity index (χ2n) is 5.76. The first kappa shape index (κ1) is 19.4. The van der Waals surface area contributed by atoms with Crippen LogP contribution in [0.1, 0.15) is 18.1 Å². The quantitative estimate of drug-likeness (QED) is 0.803. The van der Waals surface area contributed by atoms with Crippen LogP contribution in [0.5, 0.6) is 0 Å². The fourth-order valence-electron chi connectivity index (χ4n) is 2.43. The Morgan fingerprint density at radius 1 is 1.16 bits per heavy atom. The van der Waals surface area contributed by atoms with Gasteiger partial charge in [-0.15, -0.1) is 0 Å². The third kappa shape index (κ3) is 5.56. The number of hydrogen-bond donors (Lipinski definition) is 1. The summed E-state index contributed by atoms with van der Waals surface area (Å²) in [5.74, 6) is -0.113. The first-order valence-corrected chi connectivity index (χ1v) is 9.71. The number of rotatable bonds is 7. The first-order valence-electron chi connectivity index (χ1n) is 7.85. The van der Waals surface area contributed by atoms with E-state index in [1.165, 1.54) is 19.1 Å². The van der Waals surface area contributed by atoms with E-state index in [0.717, 1.165) is 11.1 Å². The Bertz CT molecular complexity index is 853. The highest BCUT2D eigenvalue weighted by atomic mass is 35.5.